The van der Waals surface area contributed by atoms with Gasteiger partial charge in [-0.1, -0.05) is 36.4 Å². The van der Waals surface area contributed by atoms with Crippen LogP contribution in [0, 0.1) is 6.92 Å². The minimum absolute atomic E-state index is 0.0588. The third-order valence-corrected chi connectivity index (χ3v) is 4.33. The predicted octanol–water partition coefficient (Wildman–Crippen LogP) is 3.27. The minimum Gasteiger partial charge on any atom is -0.355 e. The molecule has 0 radical (unpaired) electrons. The van der Waals surface area contributed by atoms with Crippen LogP contribution in [0.4, 0.5) is 0 Å². The van der Waals surface area contributed by atoms with Crippen molar-refractivity contribution in [1.82, 2.24) is 14.9 Å². The molecule has 0 saturated carbocycles. The van der Waals surface area contributed by atoms with Crippen molar-refractivity contribution in [2.45, 2.75) is 33.2 Å². The van der Waals surface area contributed by atoms with E-state index in [9.17, 15) is 4.79 Å². The van der Waals surface area contributed by atoms with Crippen LogP contribution in [0.5, 0.6) is 0 Å². The second kappa shape index (κ2) is 7.30. The van der Waals surface area contributed by atoms with Crippen LogP contribution >= 0.6 is 0 Å². The van der Waals surface area contributed by atoms with Gasteiger partial charge < -0.3 is 9.88 Å². The summed E-state index contributed by atoms with van der Waals surface area (Å²) in [6, 6.07) is 16.2. The fourth-order valence-electron chi connectivity index (χ4n) is 3.03. The molecule has 0 saturated heterocycles. The summed E-state index contributed by atoms with van der Waals surface area (Å²) < 4.78 is 2.21. The zero-order chi connectivity index (χ0) is 16.9. The third-order valence-electron chi connectivity index (χ3n) is 4.33. The Morgan fingerprint density at radius 2 is 1.88 bits per heavy atom. The lowest BCUT2D eigenvalue weighted by Gasteiger charge is -2.08. The van der Waals surface area contributed by atoms with Crippen LogP contribution < -0.4 is 5.32 Å². The Morgan fingerprint density at radius 1 is 1.12 bits per heavy atom. The molecule has 0 unspecified atom stereocenters. The monoisotopic (exact) mass is 321 g/mol. The van der Waals surface area contributed by atoms with E-state index in [1.165, 1.54) is 0 Å². The van der Waals surface area contributed by atoms with E-state index in [4.69, 9.17) is 4.98 Å². The van der Waals surface area contributed by atoms with Gasteiger partial charge in [-0.25, -0.2) is 4.98 Å². The fraction of sp³-hybridized carbons (Fsp3) is 0.300. The Hall–Kier alpha value is -2.62. The Bertz CT molecular complexity index is 851. The number of hydrogen-bond acceptors (Lipinski definition) is 2. The number of imidazole rings is 1. The van der Waals surface area contributed by atoms with Gasteiger partial charge in [0.15, 0.2) is 0 Å². The first-order valence-electron chi connectivity index (χ1n) is 8.44. The van der Waals surface area contributed by atoms with Crippen LogP contribution in [-0.4, -0.2) is 22.0 Å². The van der Waals surface area contributed by atoms with Gasteiger partial charge in [0.1, 0.15) is 5.82 Å². The highest BCUT2D eigenvalue weighted by Gasteiger charge is 2.10. The Labute approximate surface area is 142 Å². The molecule has 0 atom stereocenters. The number of nitrogens with one attached hydrogen (secondary N) is 1. The number of fused-ring (bicyclic) bond motifs is 1. The first-order valence-corrected chi connectivity index (χ1v) is 8.44. The van der Waals surface area contributed by atoms with E-state index in [1.54, 1.807) is 0 Å². The van der Waals surface area contributed by atoms with Crippen LogP contribution in [0.1, 0.15) is 23.9 Å². The van der Waals surface area contributed by atoms with Gasteiger partial charge in [-0.3, -0.25) is 4.79 Å². The largest absolute Gasteiger partial charge is 0.355 e. The maximum absolute atomic E-state index is 12.1. The molecule has 1 heterocycles. The summed E-state index contributed by atoms with van der Waals surface area (Å²) in [5.41, 5.74) is 4.40. The highest BCUT2D eigenvalue weighted by molar-refractivity contribution is 5.79. The predicted molar refractivity (Wildman–Crippen MR) is 97.0 cm³/mol. The number of carbonyl (C=O) groups excluding carboxylic acids is 1. The molecule has 0 bridgehead atoms. The summed E-state index contributed by atoms with van der Waals surface area (Å²) in [4.78, 5) is 16.8. The van der Waals surface area contributed by atoms with Crippen molar-refractivity contribution in [3.63, 3.8) is 0 Å². The number of amides is 1. The summed E-state index contributed by atoms with van der Waals surface area (Å²) in [6.07, 6.45) is 1.17. The maximum atomic E-state index is 12.1. The van der Waals surface area contributed by atoms with Crippen LogP contribution in [0.3, 0.4) is 0 Å². The van der Waals surface area contributed by atoms with E-state index in [1.807, 2.05) is 49.4 Å². The molecule has 124 valence electrons. The zero-order valence-electron chi connectivity index (χ0n) is 14.2. The van der Waals surface area contributed by atoms with Crippen LogP contribution in [0.2, 0.25) is 0 Å². The van der Waals surface area contributed by atoms with E-state index in [-0.39, 0.29) is 5.91 Å². The van der Waals surface area contributed by atoms with E-state index < -0.39 is 0 Å². The number of para-hydroxylation sites is 2. The van der Waals surface area contributed by atoms with Crippen molar-refractivity contribution >= 4 is 16.9 Å². The minimum atomic E-state index is 0.0588. The molecule has 4 nitrogen and oxygen atoms in total. The lowest BCUT2D eigenvalue weighted by molar-refractivity contribution is -0.120. The molecule has 3 rings (SSSR count). The summed E-state index contributed by atoms with van der Waals surface area (Å²) >= 11 is 0. The highest BCUT2D eigenvalue weighted by atomic mass is 16.1. The molecule has 1 aromatic heterocycles. The summed E-state index contributed by atoms with van der Waals surface area (Å²) in [6.45, 7) is 5.64. The highest BCUT2D eigenvalue weighted by Crippen LogP contribution is 2.16. The second-order valence-electron chi connectivity index (χ2n) is 5.96. The molecule has 0 aliphatic rings. The topological polar surface area (TPSA) is 46.9 Å². The van der Waals surface area contributed by atoms with Crippen molar-refractivity contribution in [1.29, 1.82) is 0 Å². The van der Waals surface area contributed by atoms with E-state index in [0.717, 1.165) is 41.0 Å². The number of aromatic nitrogens is 2. The lowest BCUT2D eigenvalue weighted by Crippen LogP contribution is -2.28. The number of benzene rings is 2. The van der Waals surface area contributed by atoms with Crippen LogP contribution in [0.25, 0.3) is 11.0 Å². The first kappa shape index (κ1) is 16.2. The van der Waals surface area contributed by atoms with Gasteiger partial charge in [0.2, 0.25) is 5.91 Å². The third kappa shape index (κ3) is 3.48. The molecule has 1 N–H and O–H groups in total. The first-order chi connectivity index (χ1) is 11.7. The average Bonchev–Trinajstić information content (AvgIpc) is 2.94. The number of carbonyl (C=O) groups is 1. The van der Waals surface area contributed by atoms with Gasteiger partial charge in [0.05, 0.1) is 17.5 Å². The van der Waals surface area contributed by atoms with Crippen LogP contribution in [0.15, 0.2) is 48.5 Å². The van der Waals surface area contributed by atoms with Gasteiger partial charge in [-0.15, -0.1) is 0 Å². The molecule has 2 aromatic carbocycles. The van der Waals surface area contributed by atoms with Crippen molar-refractivity contribution in [2.24, 2.45) is 0 Å². The molecule has 0 aliphatic carbocycles. The zero-order valence-corrected chi connectivity index (χ0v) is 14.2. The molecule has 0 spiro atoms. The molecule has 3 aromatic rings. The van der Waals surface area contributed by atoms with Crippen molar-refractivity contribution in [3.8, 4) is 0 Å². The molecule has 24 heavy (non-hydrogen) atoms. The standard InChI is InChI=1S/C20H23N3O/c1-3-23-18-11-7-6-10-17(18)22-19(23)12-13-21-20(24)14-16-9-5-4-8-15(16)2/h4-11H,3,12-14H2,1-2H3,(H,21,24). The van der Waals surface area contributed by atoms with E-state index >= 15 is 0 Å². The quantitative estimate of drug-likeness (QED) is 0.757. The smallest absolute Gasteiger partial charge is 0.224 e. The van der Waals surface area contributed by atoms with Gasteiger partial charge >= 0.3 is 0 Å². The van der Waals surface area contributed by atoms with Gasteiger partial charge in [0, 0.05) is 19.5 Å². The number of nitrogens with zero attached hydrogens (tertiary/aromatic N) is 2. The van der Waals surface area contributed by atoms with Gasteiger partial charge in [-0.2, -0.15) is 0 Å². The Morgan fingerprint density at radius 3 is 2.67 bits per heavy atom. The average molecular weight is 321 g/mol. The van der Waals surface area contributed by atoms with Crippen molar-refractivity contribution in [2.75, 3.05) is 6.54 Å². The lowest BCUT2D eigenvalue weighted by atomic mass is 10.1. The molecule has 0 fully saturated rings. The molecular formula is C20H23N3O. The van der Waals surface area contributed by atoms with E-state index in [0.29, 0.717) is 13.0 Å². The Balaban J connectivity index is 1.60. The van der Waals surface area contributed by atoms with Crippen molar-refractivity contribution in [3.05, 3.63) is 65.5 Å². The Kier molecular flexibility index (Phi) is 4.94. The molecule has 1 amide bonds. The SMILES string of the molecule is CCn1c(CCNC(=O)Cc2ccccc2C)nc2ccccc21. The van der Waals surface area contributed by atoms with Crippen LogP contribution in [-0.2, 0) is 24.2 Å². The second-order valence-corrected chi connectivity index (χ2v) is 5.96. The number of hydrogen-bond donors (Lipinski definition) is 1. The van der Waals surface area contributed by atoms with Gasteiger partial charge in [0.25, 0.3) is 0 Å². The normalized spacial score (nSPS) is 10.9. The van der Waals surface area contributed by atoms with Crippen molar-refractivity contribution < 1.29 is 4.79 Å². The summed E-state index contributed by atoms with van der Waals surface area (Å²) in [7, 11) is 0. The van der Waals surface area contributed by atoms with E-state index in [2.05, 4.69) is 22.9 Å². The van der Waals surface area contributed by atoms with Gasteiger partial charge in [-0.05, 0) is 37.1 Å². The molecule has 0 aliphatic heterocycles. The fourth-order valence-corrected chi connectivity index (χ4v) is 3.03. The maximum Gasteiger partial charge on any atom is 0.224 e. The molecular weight excluding hydrogens is 298 g/mol. The number of rotatable bonds is 6. The number of aryl methyl sites for hydroxylation is 2. The molecule has 4 heteroatoms. The summed E-state index contributed by atoms with van der Waals surface area (Å²) in [5.74, 6) is 1.08. The summed E-state index contributed by atoms with van der Waals surface area (Å²) in [5, 5.41) is 3.01.